The number of nitrogens with zero attached hydrogens (tertiary/aromatic N) is 1. The molecule has 0 aromatic heterocycles. The fourth-order valence-corrected chi connectivity index (χ4v) is 5.55. The van der Waals surface area contributed by atoms with Gasteiger partial charge in [-0.05, 0) is 74.2 Å². The molecule has 0 fully saturated rings. The molecular formula is C31H24Br2ClN3O2. The van der Waals surface area contributed by atoms with Gasteiger partial charge in [0.1, 0.15) is 5.69 Å². The van der Waals surface area contributed by atoms with E-state index in [4.69, 9.17) is 23.1 Å². The highest BCUT2D eigenvalue weighted by molar-refractivity contribution is 9.11. The first kappa shape index (κ1) is 28.4. The first-order valence-electron chi connectivity index (χ1n) is 11.9. The maximum absolute atomic E-state index is 10.7. The molecular weight excluding hydrogens is 642 g/mol. The van der Waals surface area contributed by atoms with E-state index in [0.717, 1.165) is 31.3 Å². The van der Waals surface area contributed by atoms with Gasteiger partial charge in [-0.3, -0.25) is 10.1 Å². The summed E-state index contributed by atoms with van der Waals surface area (Å²) in [4.78, 5) is 10.2. The second-order valence-corrected chi connectivity index (χ2v) is 10.9. The van der Waals surface area contributed by atoms with Gasteiger partial charge in [-0.1, -0.05) is 100 Å². The van der Waals surface area contributed by atoms with Crippen molar-refractivity contribution >= 4 is 92.8 Å². The summed E-state index contributed by atoms with van der Waals surface area (Å²) in [7, 11) is 0. The van der Waals surface area contributed by atoms with Gasteiger partial charge in [0.15, 0.2) is 0 Å². The lowest BCUT2D eigenvalue weighted by molar-refractivity contribution is -0.383. The molecule has 0 heterocycles. The first-order valence-corrected chi connectivity index (χ1v) is 13.8. The van der Waals surface area contributed by atoms with Crippen LogP contribution in [0.5, 0.6) is 0 Å². The number of nitrogen functional groups attached to an aromatic ring is 2. The molecule has 39 heavy (non-hydrogen) atoms. The average molecular weight is 666 g/mol. The van der Waals surface area contributed by atoms with Crippen molar-refractivity contribution in [3.8, 4) is 0 Å². The summed E-state index contributed by atoms with van der Waals surface area (Å²) in [6.07, 6.45) is 0. The monoisotopic (exact) mass is 663 g/mol. The Morgan fingerprint density at radius 1 is 0.692 bits per heavy atom. The topological polar surface area (TPSA) is 95.2 Å². The summed E-state index contributed by atoms with van der Waals surface area (Å²) in [5.74, 6) is 0. The van der Waals surface area contributed by atoms with E-state index in [1.165, 1.54) is 22.4 Å². The Balaban J connectivity index is 0.000000137. The molecule has 0 saturated heterocycles. The van der Waals surface area contributed by atoms with Crippen LogP contribution in [-0.2, 0) is 0 Å². The Morgan fingerprint density at radius 3 is 1.85 bits per heavy atom. The fraction of sp³-hybridized carbons (Fsp3) is 0.0323. The Morgan fingerprint density at radius 2 is 1.23 bits per heavy atom. The van der Waals surface area contributed by atoms with E-state index in [-0.39, 0.29) is 11.4 Å². The maximum Gasteiger partial charge on any atom is 0.293 e. The van der Waals surface area contributed by atoms with Crippen LogP contribution < -0.4 is 11.5 Å². The fourth-order valence-electron chi connectivity index (χ4n) is 4.23. The standard InChI is InChI=1S/C11H9Cl.C10H7BrN2O2.C10H8BrN/c1-8-6-10(12)7-9-4-2-3-5-11(8)9;11-8-5-9(13(14)15)10(12)7-4-2-1-3-6(7)8;11-9-5-6-10(12)8-4-2-1-3-7(8)9/h2-7H,1H3;1-5H,12H2;1-6H,12H2. The molecule has 6 rings (SSSR count). The van der Waals surface area contributed by atoms with Crippen molar-refractivity contribution in [3.05, 3.63) is 133 Å². The summed E-state index contributed by atoms with van der Waals surface area (Å²) in [5, 5.41) is 17.9. The lowest BCUT2D eigenvalue weighted by Crippen LogP contribution is -1.96. The zero-order valence-corrected chi connectivity index (χ0v) is 24.8. The molecule has 8 heteroatoms. The van der Waals surface area contributed by atoms with E-state index in [0.29, 0.717) is 9.86 Å². The predicted octanol–water partition coefficient (Wildman–Crippen LogP) is 10.1. The molecule has 0 spiro atoms. The number of nitro groups is 1. The van der Waals surface area contributed by atoms with Gasteiger partial charge in [-0.15, -0.1) is 0 Å². The molecule has 0 bridgehead atoms. The third kappa shape index (κ3) is 6.50. The van der Waals surface area contributed by atoms with Crippen molar-refractivity contribution in [3.63, 3.8) is 0 Å². The number of aryl methyl sites for hydroxylation is 1. The molecule has 0 saturated carbocycles. The van der Waals surface area contributed by atoms with Crippen LogP contribution in [0.4, 0.5) is 17.1 Å². The second-order valence-electron chi connectivity index (χ2n) is 8.72. The summed E-state index contributed by atoms with van der Waals surface area (Å²) < 4.78 is 1.77. The lowest BCUT2D eigenvalue weighted by Gasteiger charge is -2.04. The maximum atomic E-state index is 10.7. The molecule has 0 aliphatic rings. The van der Waals surface area contributed by atoms with Gasteiger partial charge in [-0.2, -0.15) is 0 Å². The van der Waals surface area contributed by atoms with E-state index in [1.807, 2.05) is 66.7 Å². The van der Waals surface area contributed by atoms with E-state index < -0.39 is 4.92 Å². The van der Waals surface area contributed by atoms with Gasteiger partial charge in [0.05, 0.1) is 4.92 Å². The molecule has 6 aromatic rings. The molecule has 0 unspecified atom stereocenters. The number of hydrogen-bond acceptors (Lipinski definition) is 4. The van der Waals surface area contributed by atoms with Crippen LogP contribution in [0.1, 0.15) is 5.56 Å². The van der Waals surface area contributed by atoms with Gasteiger partial charge in [0.2, 0.25) is 0 Å². The van der Waals surface area contributed by atoms with Gasteiger partial charge in [-0.25, -0.2) is 0 Å². The third-order valence-corrected chi connectivity index (χ3v) is 7.71. The van der Waals surface area contributed by atoms with Crippen LogP contribution in [-0.4, -0.2) is 4.92 Å². The smallest absolute Gasteiger partial charge is 0.293 e. The highest BCUT2D eigenvalue weighted by Crippen LogP contribution is 2.35. The van der Waals surface area contributed by atoms with Crippen LogP contribution in [0.2, 0.25) is 5.02 Å². The van der Waals surface area contributed by atoms with Crippen molar-refractivity contribution in [2.75, 3.05) is 11.5 Å². The molecule has 0 aliphatic carbocycles. The summed E-state index contributed by atoms with van der Waals surface area (Å²) in [6.45, 7) is 2.08. The van der Waals surface area contributed by atoms with E-state index in [2.05, 4.69) is 57.0 Å². The van der Waals surface area contributed by atoms with Gasteiger partial charge < -0.3 is 11.5 Å². The molecule has 0 aliphatic heterocycles. The number of anilines is 2. The minimum Gasteiger partial charge on any atom is -0.398 e. The van der Waals surface area contributed by atoms with Gasteiger partial charge in [0, 0.05) is 36.5 Å². The molecule has 5 nitrogen and oxygen atoms in total. The summed E-state index contributed by atoms with van der Waals surface area (Å²) in [6, 6.07) is 32.9. The zero-order valence-electron chi connectivity index (χ0n) is 20.9. The summed E-state index contributed by atoms with van der Waals surface area (Å²) >= 11 is 12.7. The molecule has 0 radical (unpaired) electrons. The largest absolute Gasteiger partial charge is 0.398 e. The van der Waals surface area contributed by atoms with Crippen LogP contribution in [0, 0.1) is 17.0 Å². The third-order valence-electron chi connectivity index (χ3n) is 6.15. The Bertz CT molecular complexity index is 1790. The van der Waals surface area contributed by atoms with E-state index in [9.17, 15) is 10.1 Å². The highest BCUT2D eigenvalue weighted by atomic mass is 79.9. The molecule has 0 atom stereocenters. The Kier molecular flexibility index (Phi) is 9.07. The van der Waals surface area contributed by atoms with Crippen molar-refractivity contribution in [1.29, 1.82) is 0 Å². The van der Waals surface area contributed by atoms with Crippen molar-refractivity contribution < 1.29 is 4.92 Å². The van der Waals surface area contributed by atoms with Crippen LogP contribution in [0.15, 0.2) is 112 Å². The second kappa shape index (κ2) is 12.5. The molecule has 4 N–H and O–H groups in total. The predicted molar refractivity (Wildman–Crippen MR) is 172 cm³/mol. The SMILES string of the molecule is Cc1cc(Cl)cc2ccccc12.Nc1c([N+](=O)[O-])cc(Br)c2ccccc12.Nc1ccc(Br)c2ccccc12. The summed E-state index contributed by atoms with van der Waals surface area (Å²) in [5.41, 5.74) is 13.7. The number of nitrogens with two attached hydrogens (primary N) is 2. The number of benzene rings is 6. The van der Waals surface area contributed by atoms with Crippen LogP contribution >= 0.6 is 43.5 Å². The van der Waals surface area contributed by atoms with E-state index in [1.54, 1.807) is 12.1 Å². The number of rotatable bonds is 1. The highest BCUT2D eigenvalue weighted by Gasteiger charge is 2.16. The quantitative estimate of drug-likeness (QED) is 0.104. The van der Waals surface area contributed by atoms with Crippen molar-refractivity contribution in [2.45, 2.75) is 6.92 Å². The molecule has 0 amide bonds. The van der Waals surface area contributed by atoms with Crippen molar-refractivity contribution in [1.82, 2.24) is 0 Å². The van der Waals surface area contributed by atoms with E-state index >= 15 is 0 Å². The minimum atomic E-state index is -0.480. The number of hydrogen-bond donors (Lipinski definition) is 2. The zero-order chi connectivity index (χ0) is 28.1. The normalized spacial score (nSPS) is 10.5. The lowest BCUT2D eigenvalue weighted by atomic mass is 10.1. The number of fused-ring (bicyclic) bond motifs is 3. The van der Waals surface area contributed by atoms with Crippen LogP contribution in [0.3, 0.4) is 0 Å². The number of halogens is 3. The molecule has 196 valence electrons. The Labute approximate surface area is 247 Å². The van der Waals surface area contributed by atoms with Gasteiger partial charge in [0.25, 0.3) is 5.69 Å². The minimum absolute atomic E-state index is 0.0689. The van der Waals surface area contributed by atoms with Crippen molar-refractivity contribution in [2.24, 2.45) is 0 Å². The number of nitro benzene ring substituents is 1. The average Bonchev–Trinajstić information content (AvgIpc) is 2.93. The Hall–Kier alpha value is -3.65. The first-order chi connectivity index (χ1) is 18.7. The van der Waals surface area contributed by atoms with Crippen LogP contribution in [0.25, 0.3) is 32.3 Å². The van der Waals surface area contributed by atoms with Gasteiger partial charge >= 0.3 is 0 Å². The molecule has 6 aromatic carbocycles.